The molecule has 1 fully saturated rings. The van der Waals surface area contributed by atoms with Crippen LogP contribution in [0.2, 0.25) is 0 Å². The highest BCUT2D eigenvalue weighted by molar-refractivity contribution is 5.81. The molecule has 1 amide bonds. The van der Waals surface area contributed by atoms with E-state index in [1.165, 1.54) is 0 Å². The molecule has 0 saturated carbocycles. The number of methoxy groups -OCH3 is 1. The summed E-state index contributed by atoms with van der Waals surface area (Å²) in [6.45, 7) is 8.02. The maximum atomic E-state index is 12.7. The number of aliphatic hydroxyl groups is 1. The average Bonchev–Trinajstić information content (AvgIpc) is 2.67. The molecule has 1 aliphatic rings. The summed E-state index contributed by atoms with van der Waals surface area (Å²) in [7, 11) is 1.64. The number of carbonyl (C=O) groups is 1. The predicted octanol–water partition coefficient (Wildman–Crippen LogP) is 2.75. The number of piperidine rings is 1. The number of hydrogen-bond acceptors (Lipinski definition) is 4. The van der Waals surface area contributed by atoms with Gasteiger partial charge in [-0.25, -0.2) is 0 Å². The summed E-state index contributed by atoms with van der Waals surface area (Å²) in [5.74, 6) is 0.822. The van der Waals surface area contributed by atoms with Crippen LogP contribution in [0.3, 0.4) is 0 Å². The lowest BCUT2D eigenvalue weighted by atomic mass is 9.76. The molecule has 25 heavy (non-hydrogen) atoms. The zero-order chi connectivity index (χ0) is 18.4. The minimum Gasteiger partial charge on any atom is -0.496 e. The zero-order valence-corrected chi connectivity index (χ0v) is 15.9. The number of hydrogen-bond donors (Lipinski definition) is 2. The van der Waals surface area contributed by atoms with E-state index < -0.39 is 0 Å². The van der Waals surface area contributed by atoms with Gasteiger partial charge in [-0.1, -0.05) is 25.1 Å². The number of benzene rings is 1. The lowest BCUT2D eigenvalue weighted by Crippen LogP contribution is -2.51. The summed E-state index contributed by atoms with van der Waals surface area (Å²) in [6, 6.07) is 7.48. The van der Waals surface area contributed by atoms with E-state index in [9.17, 15) is 9.90 Å². The zero-order valence-electron chi connectivity index (χ0n) is 15.9. The van der Waals surface area contributed by atoms with Gasteiger partial charge in [0.25, 0.3) is 0 Å². The Kier molecular flexibility index (Phi) is 6.85. The van der Waals surface area contributed by atoms with Crippen molar-refractivity contribution in [3.8, 4) is 5.75 Å². The van der Waals surface area contributed by atoms with E-state index in [2.05, 4.69) is 17.1 Å². The van der Waals surface area contributed by atoms with Crippen molar-refractivity contribution < 1.29 is 14.6 Å². The molecule has 0 aliphatic carbocycles. The molecule has 1 heterocycles. The molecular formula is C20H32N2O3. The second kappa shape index (κ2) is 8.68. The highest BCUT2D eigenvalue weighted by Gasteiger charge is 2.35. The first kappa shape index (κ1) is 19.7. The standard InChI is InChI=1S/C20H32N2O3/c1-5-20(14-23)10-12-22(13-11-20)16(3)19(24)21-15(2)17-8-6-7-9-18(17)25-4/h6-9,15-16,23H,5,10-14H2,1-4H3,(H,21,24). The highest BCUT2D eigenvalue weighted by Crippen LogP contribution is 2.34. The van der Waals surface area contributed by atoms with Crippen LogP contribution in [0.4, 0.5) is 0 Å². The molecule has 5 heteroatoms. The van der Waals surface area contributed by atoms with Crippen LogP contribution in [0, 0.1) is 5.41 Å². The number of ether oxygens (including phenoxy) is 1. The van der Waals surface area contributed by atoms with Crippen LogP contribution in [0.1, 0.15) is 51.6 Å². The van der Waals surface area contributed by atoms with Crippen LogP contribution >= 0.6 is 0 Å². The molecular weight excluding hydrogens is 316 g/mol. The summed E-state index contributed by atoms with van der Waals surface area (Å²) in [4.78, 5) is 14.9. The third-order valence-corrected chi connectivity index (χ3v) is 5.84. The molecule has 140 valence electrons. The van der Waals surface area contributed by atoms with Crippen LogP contribution in [-0.2, 0) is 4.79 Å². The van der Waals surface area contributed by atoms with Gasteiger partial charge in [0.2, 0.25) is 5.91 Å². The van der Waals surface area contributed by atoms with Gasteiger partial charge in [-0.15, -0.1) is 0 Å². The lowest BCUT2D eigenvalue weighted by Gasteiger charge is -2.42. The summed E-state index contributed by atoms with van der Waals surface area (Å²) >= 11 is 0. The number of nitrogens with zero attached hydrogens (tertiary/aromatic N) is 1. The molecule has 5 nitrogen and oxygen atoms in total. The molecule has 0 spiro atoms. The maximum Gasteiger partial charge on any atom is 0.237 e. The smallest absolute Gasteiger partial charge is 0.237 e. The predicted molar refractivity (Wildman–Crippen MR) is 99.6 cm³/mol. The Hall–Kier alpha value is -1.59. The molecule has 1 saturated heterocycles. The van der Waals surface area contributed by atoms with Crippen molar-refractivity contribution in [1.29, 1.82) is 0 Å². The summed E-state index contributed by atoms with van der Waals surface area (Å²) in [5, 5.41) is 12.8. The summed E-state index contributed by atoms with van der Waals surface area (Å²) in [5.41, 5.74) is 1.02. The number of rotatable bonds is 7. The van der Waals surface area contributed by atoms with Crippen LogP contribution in [0.15, 0.2) is 24.3 Å². The van der Waals surface area contributed by atoms with Gasteiger partial charge < -0.3 is 15.2 Å². The van der Waals surface area contributed by atoms with Gasteiger partial charge in [0.15, 0.2) is 0 Å². The van der Waals surface area contributed by atoms with Crippen LogP contribution in [-0.4, -0.2) is 48.8 Å². The third-order valence-electron chi connectivity index (χ3n) is 5.84. The largest absolute Gasteiger partial charge is 0.496 e. The Morgan fingerprint density at radius 2 is 1.96 bits per heavy atom. The second-order valence-electron chi connectivity index (χ2n) is 7.20. The SMILES string of the molecule is CCC1(CO)CCN(C(C)C(=O)NC(C)c2ccccc2OC)CC1. The Morgan fingerprint density at radius 3 is 2.52 bits per heavy atom. The van der Waals surface area contributed by atoms with E-state index in [0.29, 0.717) is 0 Å². The number of likely N-dealkylation sites (tertiary alicyclic amines) is 1. The Labute approximate surface area is 151 Å². The van der Waals surface area contributed by atoms with E-state index in [1.807, 2.05) is 38.1 Å². The van der Waals surface area contributed by atoms with Crippen molar-refractivity contribution in [1.82, 2.24) is 10.2 Å². The second-order valence-corrected chi connectivity index (χ2v) is 7.20. The molecule has 2 rings (SSSR count). The van der Waals surface area contributed by atoms with Crippen molar-refractivity contribution in [2.45, 2.75) is 52.1 Å². The summed E-state index contributed by atoms with van der Waals surface area (Å²) < 4.78 is 5.39. The van der Waals surface area contributed by atoms with Crippen LogP contribution in [0.25, 0.3) is 0 Å². The maximum absolute atomic E-state index is 12.7. The third kappa shape index (κ3) is 4.53. The molecule has 1 aliphatic heterocycles. The van der Waals surface area contributed by atoms with Crippen molar-refractivity contribution >= 4 is 5.91 Å². The number of amides is 1. The van der Waals surface area contributed by atoms with Gasteiger partial charge in [0.1, 0.15) is 5.75 Å². The molecule has 0 radical (unpaired) electrons. The Bertz CT molecular complexity index is 562. The van der Waals surface area contributed by atoms with Gasteiger partial charge in [-0.2, -0.15) is 0 Å². The number of carbonyl (C=O) groups excluding carboxylic acids is 1. The highest BCUT2D eigenvalue weighted by atomic mass is 16.5. The van der Waals surface area contributed by atoms with E-state index in [4.69, 9.17) is 4.74 Å². The van der Waals surface area contributed by atoms with Crippen LogP contribution in [0.5, 0.6) is 5.75 Å². The monoisotopic (exact) mass is 348 g/mol. The van der Waals surface area contributed by atoms with Gasteiger partial charge in [-0.3, -0.25) is 9.69 Å². The van der Waals surface area contributed by atoms with Crippen LogP contribution < -0.4 is 10.1 Å². The first-order valence-corrected chi connectivity index (χ1v) is 9.24. The molecule has 2 N–H and O–H groups in total. The number of para-hydroxylation sites is 1. The minimum absolute atomic E-state index is 0.0337. The van der Waals surface area contributed by atoms with Crippen molar-refractivity contribution in [2.24, 2.45) is 5.41 Å². The minimum atomic E-state index is -0.175. The summed E-state index contributed by atoms with van der Waals surface area (Å²) in [6.07, 6.45) is 2.88. The molecule has 1 aromatic carbocycles. The van der Waals surface area contributed by atoms with Crippen molar-refractivity contribution in [2.75, 3.05) is 26.8 Å². The first-order valence-electron chi connectivity index (χ1n) is 9.24. The van der Waals surface area contributed by atoms with E-state index in [1.54, 1.807) is 7.11 Å². The molecule has 2 unspecified atom stereocenters. The Morgan fingerprint density at radius 1 is 1.32 bits per heavy atom. The average molecular weight is 348 g/mol. The molecule has 1 aromatic rings. The quantitative estimate of drug-likeness (QED) is 0.795. The molecule has 0 bridgehead atoms. The van der Waals surface area contributed by atoms with Gasteiger partial charge in [-0.05, 0) is 57.7 Å². The van der Waals surface area contributed by atoms with E-state index in [-0.39, 0.29) is 30.0 Å². The topological polar surface area (TPSA) is 61.8 Å². The van der Waals surface area contributed by atoms with Crippen molar-refractivity contribution in [3.05, 3.63) is 29.8 Å². The van der Waals surface area contributed by atoms with E-state index in [0.717, 1.165) is 43.7 Å². The van der Waals surface area contributed by atoms with Gasteiger partial charge >= 0.3 is 0 Å². The molecule has 2 atom stereocenters. The molecule has 0 aromatic heterocycles. The number of aliphatic hydroxyl groups excluding tert-OH is 1. The fourth-order valence-electron chi connectivity index (χ4n) is 3.61. The number of nitrogens with one attached hydrogen (secondary N) is 1. The Balaban J connectivity index is 1.94. The lowest BCUT2D eigenvalue weighted by molar-refractivity contribution is -0.127. The van der Waals surface area contributed by atoms with Gasteiger partial charge in [0, 0.05) is 12.2 Å². The fraction of sp³-hybridized carbons (Fsp3) is 0.650. The van der Waals surface area contributed by atoms with Gasteiger partial charge in [0.05, 0.1) is 19.2 Å². The fourth-order valence-corrected chi connectivity index (χ4v) is 3.61. The van der Waals surface area contributed by atoms with Crippen molar-refractivity contribution in [3.63, 3.8) is 0 Å². The normalized spacial score (nSPS) is 19.9. The van der Waals surface area contributed by atoms with E-state index >= 15 is 0 Å². The first-order chi connectivity index (χ1) is 12.0.